The van der Waals surface area contributed by atoms with Gasteiger partial charge in [0.25, 0.3) is 0 Å². The van der Waals surface area contributed by atoms with Crippen molar-refractivity contribution in [3.05, 3.63) is 24.3 Å². The lowest BCUT2D eigenvalue weighted by molar-refractivity contribution is -0.290. The maximum Gasteiger partial charge on any atom is 0.456 e. The molecule has 8 heteroatoms. The van der Waals surface area contributed by atoms with E-state index in [4.69, 9.17) is 4.74 Å². The lowest BCUT2D eigenvalue weighted by Gasteiger charge is -2.24. The van der Waals surface area contributed by atoms with E-state index in [1.165, 1.54) is 24.3 Å². The number of rotatable bonds is 5. The van der Waals surface area contributed by atoms with Gasteiger partial charge in [-0.3, -0.25) is 0 Å². The van der Waals surface area contributed by atoms with Gasteiger partial charge in [-0.05, 0) is 50.2 Å². The van der Waals surface area contributed by atoms with Crippen LogP contribution in [0.25, 0.3) is 0 Å². The fourth-order valence-corrected chi connectivity index (χ4v) is 1.98. The van der Waals surface area contributed by atoms with Crippen LogP contribution in [0, 0.1) is 0 Å². The summed E-state index contributed by atoms with van der Waals surface area (Å²) in [6.07, 6.45) is -3.83. The van der Waals surface area contributed by atoms with Crippen LogP contribution < -0.4 is 14.8 Å². The number of piperidine rings is 1. The minimum absolute atomic E-state index is 0.0680. The monoisotopic (exact) mass is 325 g/mol. The van der Waals surface area contributed by atoms with E-state index in [0.717, 1.165) is 25.9 Å². The van der Waals surface area contributed by atoms with Crippen molar-refractivity contribution in [3.63, 3.8) is 0 Å². The van der Waals surface area contributed by atoms with E-state index < -0.39 is 18.7 Å². The normalized spacial score (nSPS) is 17.3. The smallest absolute Gasteiger partial charge is 0.456 e. The van der Waals surface area contributed by atoms with Gasteiger partial charge in [0.05, 0.1) is 0 Å². The molecule has 1 aliphatic heterocycles. The van der Waals surface area contributed by atoms with Gasteiger partial charge in [0.2, 0.25) is 0 Å². The zero-order valence-electron chi connectivity index (χ0n) is 11.6. The number of ether oxygens (including phenoxy) is 2. The van der Waals surface area contributed by atoms with Gasteiger partial charge in [-0.25, -0.2) is 0 Å². The predicted molar refractivity (Wildman–Crippen MR) is 69.5 cm³/mol. The first-order chi connectivity index (χ1) is 10.3. The van der Waals surface area contributed by atoms with Crippen molar-refractivity contribution in [1.29, 1.82) is 0 Å². The Kier molecular flexibility index (Phi) is 5.10. The quantitative estimate of drug-likeness (QED) is 0.842. The van der Waals surface area contributed by atoms with Crippen LogP contribution in [-0.4, -0.2) is 37.9 Å². The van der Waals surface area contributed by atoms with E-state index in [-0.39, 0.29) is 11.9 Å². The third-order valence-corrected chi connectivity index (χ3v) is 3.25. The number of nitrogens with one attached hydrogen (secondary N) is 1. The predicted octanol–water partition coefficient (Wildman–Crippen LogP) is 3.39. The third-order valence-electron chi connectivity index (χ3n) is 3.25. The summed E-state index contributed by atoms with van der Waals surface area (Å²) in [5.41, 5.74) is 0. The second-order valence-corrected chi connectivity index (χ2v) is 5.03. The second-order valence-electron chi connectivity index (χ2n) is 5.03. The van der Waals surface area contributed by atoms with Crippen LogP contribution in [0.5, 0.6) is 11.5 Å². The Balaban J connectivity index is 1.86. The van der Waals surface area contributed by atoms with Crippen molar-refractivity contribution < 1.29 is 31.4 Å². The molecule has 0 amide bonds. The van der Waals surface area contributed by atoms with E-state index in [1.807, 2.05) is 0 Å². The number of hydrogen-bond donors (Lipinski definition) is 1. The highest BCUT2D eigenvalue weighted by atomic mass is 19.4. The molecule has 0 bridgehead atoms. The van der Waals surface area contributed by atoms with E-state index in [0.29, 0.717) is 5.75 Å². The first-order valence-corrected chi connectivity index (χ1v) is 6.83. The van der Waals surface area contributed by atoms with Crippen LogP contribution in [0.1, 0.15) is 12.8 Å². The number of hydrogen-bond acceptors (Lipinski definition) is 3. The third kappa shape index (κ3) is 4.46. The molecule has 124 valence electrons. The Morgan fingerprint density at radius 1 is 0.955 bits per heavy atom. The van der Waals surface area contributed by atoms with Gasteiger partial charge in [0.15, 0.2) is 6.61 Å². The molecule has 1 saturated heterocycles. The van der Waals surface area contributed by atoms with Crippen molar-refractivity contribution in [2.24, 2.45) is 0 Å². The summed E-state index contributed by atoms with van der Waals surface area (Å²) in [6, 6.07) is 5.60. The Hall–Kier alpha value is -1.57. The number of alkyl halides is 5. The van der Waals surface area contributed by atoms with Crippen molar-refractivity contribution in [2.45, 2.75) is 31.0 Å². The minimum atomic E-state index is -5.62. The lowest BCUT2D eigenvalue weighted by atomic mass is 10.1. The van der Waals surface area contributed by atoms with Gasteiger partial charge in [-0.2, -0.15) is 22.0 Å². The van der Waals surface area contributed by atoms with Gasteiger partial charge in [-0.15, -0.1) is 0 Å². The highest BCUT2D eigenvalue weighted by Crippen LogP contribution is 2.35. The standard InChI is InChI=1S/C14H16F5NO2/c15-13(16,14(17,18)19)9-21-10-1-3-11(4-2-10)22-12-5-7-20-8-6-12/h1-4,12,20H,5-9H2. The van der Waals surface area contributed by atoms with Crippen LogP contribution in [0.15, 0.2) is 24.3 Å². The number of halogens is 5. The van der Waals surface area contributed by atoms with Crippen LogP contribution in [0.2, 0.25) is 0 Å². The maximum absolute atomic E-state index is 12.7. The molecule has 1 N–H and O–H groups in total. The van der Waals surface area contributed by atoms with E-state index in [2.05, 4.69) is 10.1 Å². The lowest BCUT2D eigenvalue weighted by Crippen LogP contribution is -2.41. The molecular formula is C14H16F5NO2. The molecule has 1 aliphatic rings. The Morgan fingerprint density at radius 2 is 1.50 bits per heavy atom. The summed E-state index contributed by atoms with van der Waals surface area (Å²) < 4.78 is 71.7. The summed E-state index contributed by atoms with van der Waals surface area (Å²) in [5.74, 6) is -4.42. The van der Waals surface area contributed by atoms with Gasteiger partial charge in [0.1, 0.15) is 17.6 Å². The molecule has 0 saturated carbocycles. The van der Waals surface area contributed by atoms with Crippen molar-refractivity contribution in [3.8, 4) is 11.5 Å². The van der Waals surface area contributed by atoms with Crippen LogP contribution >= 0.6 is 0 Å². The number of benzene rings is 1. The summed E-state index contributed by atoms with van der Waals surface area (Å²) in [5, 5.41) is 3.19. The van der Waals surface area contributed by atoms with Gasteiger partial charge in [0, 0.05) is 0 Å². The molecule has 1 heterocycles. The molecule has 0 aliphatic carbocycles. The average Bonchev–Trinajstić information content (AvgIpc) is 2.46. The highest BCUT2D eigenvalue weighted by Gasteiger charge is 2.58. The average molecular weight is 325 g/mol. The maximum atomic E-state index is 12.7. The first-order valence-electron chi connectivity index (χ1n) is 6.83. The topological polar surface area (TPSA) is 30.5 Å². The fraction of sp³-hybridized carbons (Fsp3) is 0.571. The molecule has 0 radical (unpaired) electrons. The molecule has 0 atom stereocenters. The summed E-state index contributed by atoms with van der Waals surface area (Å²) >= 11 is 0. The molecular weight excluding hydrogens is 309 g/mol. The molecule has 3 nitrogen and oxygen atoms in total. The zero-order chi connectivity index (χ0) is 16.2. The van der Waals surface area contributed by atoms with Crippen molar-refractivity contribution in [2.75, 3.05) is 19.7 Å². The molecule has 0 spiro atoms. The first kappa shape index (κ1) is 16.8. The zero-order valence-corrected chi connectivity index (χ0v) is 11.6. The van der Waals surface area contributed by atoms with Crippen LogP contribution in [0.4, 0.5) is 22.0 Å². The summed E-state index contributed by atoms with van der Waals surface area (Å²) in [7, 11) is 0. The van der Waals surface area contributed by atoms with Crippen molar-refractivity contribution >= 4 is 0 Å². The van der Waals surface area contributed by atoms with Gasteiger partial charge in [-0.1, -0.05) is 0 Å². The molecule has 1 aromatic rings. The van der Waals surface area contributed by atoms with Gasteiger partial charge < -0.3 is 14.8 Å². The van der Waals surface area contributed by atoms with E-state index >= 15 is 0 Å². The van der Waals surface area contributed by atoms with Crippen LogP contribution in [-0.2, 0) is 0 Å². The van der Waals surface area contributed by atoms with Crippen LogP contribution in [0.3, 0.4) is 0 Å². The minimum Gasteiger partial charge on any atom is -0.490 e. The fourth-order valence-electron chi connectivity index (χ4n) is 1.98. The van der Waals surface area contributed by atoms with E-state index in [9.17, 15) is 22.0 Å². The Labute approximate surface area is 124 Å². The Morgan fingerprint density at radius 3 is 2.05 bits per heavy atom. The summed E-state index contributed by atoms with van der Waals surface area (Å²) in [4.78, 5) is 0. The highest BCUT2D eigenvalue weighted by molar-refractivity contribution is 5.31. The van der Waals surface area contributed by atoms with E-state index in [1.54, 1.807) is 0 Å². The van der Waals surface area contributed by atoms with Gasteiger partial charge >= 0.3 is 12.1 Å². The van der Waals surface area contributed by atoms with Crippen molar-refractivity contribution in [1.82, 2.24) is 5.32 Å². The molecule has 1 fully saturated rings. The molecule has 0 aromatic heterocycles. The second kappa shape index (κ2) is 6.68. The summed E-state index contributed by atoms with van der Waals surface area (Å²) in [6.45, 7) is -0.0260. The molecule has 22 heavy (non-hydrogen) atoms. The molecule has 2 rings (SSSR count). The largest absolute Gasteiger partial charge is 0.490 e. The molecule has 1 aromatic carbocycles. The SMILES string of the molecule is FC(F)(F)C(F)(F)COc1ccc(OC2CCNCC2)cc1. The molecule has 0 unspecified atom stereocenters. The Bertz CT molecular complexity index is 469.